The molecule has 0 amide bonds. The lowest BCUT2D eigenvalue weighted by Crippen LogP contribution is -2.54. The zero-order valence-electron chi connectivity index (χ0n) is 15.3. The van der Waals surface area contributed by atoms with Gasteiger partial charge in [-0.15, -0.1) is 0 Å². The Hall–Kier alpha value is -1.28. The number of benzene rings is 1. The third-order valence-electron chi connectivity index (χ3n) is 5.43. The summed E-state index contributed by atoms with van der Waals surface area (Å²) in [4.78, 5) is 12.1. The van der Waals surface area contributed by atoms with Crippen molar-refractivity contribution in [1.29, 1.82) is 0 Å². The minimum atomic E-state index is 0.658. The van der Waals surface area contributed by atoms with Crippen molar-refractivity contribution in [3.8, 4) is 11.4 Å². The fraction of sp³-hybridized carbons (Fsp3) is 0.579. The Bertz CT molecular complexity index is 728. The number of piperidine rings is 1. The Labute approximate surface area is 163 Å². The molecular formula is C19H26BrN5O. The maximum atomic E-state index is 5.48. The number of hydrogen-bond acceptors (Lipinski definition) is 6. The van der Waals surface area contributed by atoms with Crippen LogP contribution in [0.2, 0.25) is 0 Å². The van der Waals surface area contributed by atoms with Crippen molar-refractivity contribution >= 4 is 15.9 Å². The highest BCUT2D eigenvalue weighted by Gasteiger charge is 2.27. The average Bonchev–Trinajstić information content (AvgIpc) is 3.11. The molecule has 0 spiro atoms. The molecule has 0 aliphatic carbocycles. The summed E-state index contributed by atoms with van der Waals surface area (Å²) in [5.74, 6) is 1.36. The smallest absolute Gasteiger partial charge is 0.241 e. The first-order valence-corrected chi connectivity index (χ1v) is 10.2. The molecule has 4 rings (SSSR count). The van der Waals surface area contributed by atoms with Gasteiger partial charge in [-0.1, -0.05) is 33.2 Å². The number of likely N-dealkylation sites (tertiary alicyclic amines) is 1. The van der Waals surface area contributed by atoms with Gasteiger partial charge in [0.2, 0.25) is 11.7 Å². The summed E-state index contributed by atoms with van der Waals surface area (Å²) in [7, 11) is 2.24. The quantitative estimate of drug-likeness (QED) is 0.758. The highest BCUT2D eigenvalue weighted by molar-refractivity contribution is 9.10. The molecule has 2 saturated heterocycles. The van der Waals surface area contributed by atoms with Gasteiger partial charge in [-0.25, -0.2) is 0 Å². The Morgan fingerprint density at radius 1 is 1.19 bits per heavy atom. The maximum Gasteiger partial charge on any atom is 0.241 e. The van der Waals surface area contributed by atoms with Crippen molar-refractivity contribution < 1.29 is 4.52 Å². The van der Waals surface area contributed by atoms with Crippen LogP contribution in [0.4, 0.5) is 0 Å². The van der Waals surface area contributed by atoms with Crippen LogP contribution in [0.5, 0.6) is 0 Å². The molecule has 26 heavy (non-hydrogen) atoms. The molecule has 1 unspecified atom stereocenters. The molecule has 1 aromatic heterocycles. The second-order valence-corrected chi connectivity index (χ2v) is 8.31. The molecule has 1 atom stereocenters. The maximum absolute atomic E-state index is 5.48. The first-order valence-electron chi connectivity index (χ1n) is 9.41. The molecule has 140 valence electrons. The van der Waals surface area contributed by atoms with Crippen LogP contribution in [0, 0.1) is 0 Å². The zero-order valence-corrected chi connectivity index (χ0v) is 16.9. The monoisotopic (exact) mass is 419 g/mol. The third-order valence-corrected chi connectivity index (χ3v) is 5.93. The van der Waals surface area contributed by atoms with Crippen LogP contribution in [0.15, 0.2) is 33.3 Å². The molecule has 0 radical (unpaired) electrons. The number of halogens is 1. The van der Waals surface area contributed by atoms with E-state index in [1.54, 1.807) is 0 Å². The largest absolute Gasteiger partial charge is 0.338 e. The van der Waals surface area contributed by atoms with E-state index in [4.69, 9.17) is 4.52 Å². The van der Waals surface area contributed by atoms with Gasteiger partial charge in [-0.3, -0.25) is 9.80 Å². The molecule has 2 aliphatic heterocycles. The summed E-state index contributed by atoms with van der Waals surface area (Å²) in [5.41, 5.74) is 0.973. The summed E-state index contributed by atoms with van der Waals surface area (Å²) in [5, 5.41) is 4.14. The van der Waals surface area contributed by atoms with E-state index in [1.165, 1.54) is 25.9 Å². The predicted octanol–water partition coefficient (Wildman–Crippen LogP) is 2.71. The van der Waals surface area contributed by atoms with Gasteiger partial charge in [-0.05, 0) is 38.6 Å². The van der Waals surface area contributed by atoms with Crippen LogP contribution in [0.25, 0.3) is 11.4 Å². The summed E-state index contributed by atoms with van der Waals surface area (Å²) in [6, 6.07) is 8.71. The fourth-order valence-corrected chi connectivity index (χ4v) is 4.38. The number of piperazine rings is 1. The van der Waals surface area contributed by atoms with E-state index in [1.807, 2.05) is 24.3 Å². The molecule has 7 heteroatoms. The first kappa shape index (κ1) is 18.1. The molecule has 6 nitrogen and oxygen atoms in total. The Balaban J connectivity index is 1.31. The van der Waals surface area contributed by atoms with Gasteiger partial charge < -0.3 is 9.42 Å². The van der Waals surface area contributed by atoms with Crippen molar-refractivity contribution in [3.63, 3.8) is 0 Å². The van der Waals surface area contributed by atoms with Crippen LogP contribution in [0.1, 0.15) is 18.7 Å². The number of nitrogens with zero attached hydrogens (tertiary/aromatic N) is 5. The SMILES string of the molecule is CN1CCCC(N2CCN(Cc3nc(-c4cccc(Br)c4)no3)CC2)C1. The van der Waals surface area contributed by atoms with E-state index in [-0.39, 0.29) is 0 Å². The molecule has 2 aliphatic rings. The van der Waals surface area contributed by atoms with Crippen LogP contribution in [0.3, 0.4) is 0 Å². The van der Waals surface area contributed by atoms with E-state index in [2.05, 4.69) is 47.8 Å². The summed E-state index contributed by atoms with van der Waals surface area (Å²) < 4.78 is 6.50. The Morgan fingerprint density at radius 2 is 2.04 bits per heavy atom. The molecular weight excluding hydrogens is 394 g/mol. The van der Waals surface area contributed by atoms with Crippen LogP contribution < -0.4 is 0 Å². The van der Waals surface area contributed by atoms with Gasteiger partial charge in [0.15, 0.2) is 0 Å². The summed E-state index contributed by atoms with van der Waals surface area (Å²) in [6.45, 7) is 7.58. The Morgan fingerprint density at radius 3 is 2.81 bits per heavy atom. The van der Waals surface area contributed by atoms with Gasteiger partial charge in [0.1, 0.15) is 0 Å². The number of aromatic nitrogens is 2. The van der Waals surface area contributed by atoms with Gasteiger partial charge in [-0.2, -0.15) is 4.98 Å². The standard InChI is InChI=1S/C19H26BrN5O/c1-23-7-3-6-17(13-23)25-10-8-24(9-11-25)14-18-21-19(22-26-18)15-4-2-5-16(20)12-15/h2,4-5,12,17H,3,6-11,13-14H2,1H3. The second kappa shape index (κ2) is 8.17. The first-order chi connectivity index (χ1) is 12.7. The van der Waals surface area contributed by atoms with Crippen LogP contribution in [-0.2, 0) is 6.54 Å². The van der Waals surface area contributed by atoms with Gasteiger partial charge >= 0.3 is 0 Å². The lowest BCUT2D eigenvalue weighted by molar-refractivity contribution is 0.0531. The highest BCUT2D eigenvalue weighted by Crippen LogP contribution is 2.21. The van der Waals surface area contributed by atoms with E-state index in [0.717, 1.165) is 48.8 Å². The number of rotatable bonds is 4. The number of likely N-dealkylation sites (N-methyl/N-ethyl adjacent to an activating group) is 1. The molecule has 0 saturated carbocycles. The molecule has 2 aromatic rings. The van der Waals surface area contributed by atoms with E-state index in [0.29, 0.717) is 11.7 Å². The fourth-order valence-electron chi connectivity index (χ4n) is 3.98. The van der Waals surface area contributed by atoms with E-state index < -0.39 is 0 Å². The van der Waals surface area contributed by atoms with Crippen LogP contribution in [-0.4, -0.2) is 77.2 Å². The topological polar surface area (TPSA) is 48.6 Å². The van der Waals surface area contributed by atoms with Crippen LogP contribution >= 0.6 is 15.9 Å². The van der Waals surface area contributed by atoms with Gasteiger partial charge in [0.25, 0.3) is 0 Å². The van der Waals surface area contributed by atoms with E-state index >= 15 is 0 Å². The molecule has 0 N–H and O–H groups in total. The number of hydrogen-bond donors (Lipinski definition) is 0. The van der Waals surface area contributed by atoms with E-state index in [9.17, 15) is 0 Å². The van der Waals surface area contributed by atoms with Gasteiger partial charge in [0, 0.05) is 48.8 Å². The molecule has 0 bridgehead atoms. The van der Waals surface area contributed by atoms with Crippen molar-refractivity contribution in [2.45, 2.75) is 25.4 Å². The zero-order chi connectivity index (χ0) is 17.9. The Kier molecular flexibility index (Phi) is 5.69. The van der Waals surface area contributed by atoms with Crippen molar-refractivity contribution in [2.75, 3.05) is 46.3 Å². The normalized spacial score (nSPS) is 23.4. The highest BCUT2D eigenvalue weighted by atomic mass is 79.9. The molecule has 3 heterocycles. The summed E-state index contributed by atoms with van der Waals surface area (Å²) >= 11 is 3.49. The molecule has 1 aromatic carbocycles. The average molecular weight is 420 g/mol. The molecule has 2 fully saturated rings. The second-order valence-electron chi connectivity index (χ2n) is 7.39. The third kappa shape index (κ3) is 4.34. The van der Waals surface area contributed by atoms with Crippen molar-refractivity contribution in [1.82, 2.24) is 24.8 Å². The van der Waals surface area contributed by atoms with Gasteiger partial charge in [0.05, 0.1) is 6.54 Å². The van der Waals surface area contributed by atoms with Crippen molar-refractivity contribution in [3.05, 3.63) is 34.6 Å². The lowest BCUT2D eigenvalue weighted by Gasteiger charge is -2.42. The minimum Gasteiger partial charge on any atom is -0.338 e. The minimum absolute atomic E-state index is 0.658. The summed E-state index contributed by atoms with van der Waals surface area (Å²) in [6.07, 6.45) is 2.66. The lowest BCUT2D eigenvalue weighted by atomic mass is 10.0. The van der Waals surface area contributed by atoms with Crippen molar-refractivity contribution in [2.24, 2.45) is 0 Å². The predicted molar refractivity (Wildman–Crippen MR) is 105 cm³/mol.